The third-order valence-corrected chi connectivity index (χ3v) is 5.29. The number of allylic oxidation sites excluding steroid dienone is 5. The van der Waals surface area contributed by atoms with E-state index in [-0.39, 0.29) is 12.0 Å². The molecule has 1 aliphatic carbocycles. The van der Waals surface area contributed by atoms with Crippen LogP contribution >= 0.6 is 0 Å². The highest BCUT2D eigenvalue weighted by Gasteiger charge is 2.40. The number of aliphatic carboxylic acids is 1. The van der Waals surface area contributed by atoms with Crippen molar-refractivity contribution in [2.24, 2.45) is 10.6 Å². The highest BCUT2D eigenvalue weighted by atomic mass is 19.1. The van der Waals surface area contributed by atoms with E-state index in [1.165, 1.54) is 18.2 Å². The lowest BCUT2D eigenvalue weighted by Crippen LogP contribution is -2.31. The Balaban J connectivity index is 2.32. The van der Waals surface area contributed by atoms with Crippen molar-refractivity contribution in [3.05, 3.63) is 65.5 Å². The van der Waals surface area contributed by atoms with E-state index in [0.29, 0.717) is 34.4 Å². The van der Waals surface area contributed by atoms with Crippen LogP contribution in [0.15, 0.2) is 69.5 Å². The Morgan fingerprint density at radius 2 is 2.03 bits per heavy atom. The number of nitrogens with zero attached hydrogens (tertiary/aromatic N) is 1. The lowest BCUT2D eigenvalue weighted by molar-refractivity contribution is -0.133. The van der Waals surface area contributed by atoms with Crippen molar-refractivity contribution in [3.63, 3.8) is 0 Å². The first-order chi connectivity index (χ1) is 14.1. The zero-order valence-electron chi connectivity index (χ0n) is 17.6. The number of carboxylic acids is 1. The Hall–Kier alpha value is -3.15. The zero-order valence-corrected chi connectivity index (χ0v) is 17.6. The van der Waals surface area contributed by atoms with Crippen LogP contribution in [0.2, 0.25) is 0 Å². The molecule has 0 saturated heterocycles. The number of rotatable bonds is 5. The van der Waals surface area contributed by atoms with Crippen LogP contribution in [0.4, 0.5) is 4.39 Å². The zero-order chi connectivity index (χ0) is 22.1. The Morgan fingerprint density at radius 3 is 2.63 bits per heavy atom. The van der Waals surface area contributed by atoms with E-state index in [0.717, 1.165) is 5.39 Å². The molecule has 1 atom stereocenters. The Morgan fingerprint density at radius 1 is 1.30 bits per heavy atom. The number of benzene rings is 1. The highest BCUT2D eigenvalue weighted by Crippen LogP contribution is 2.44. The van der Waals surface area contributed by atoms with Gasteiger partial charge in [0, 0.05) is 28.4 Å². The van der Waals surface area contributed by atoms with Gasteiger partial charge in [0.05, 0.1) is 12.0 Å². The minimum Gasteiger partial charge on any atom is -0.478 e. The van der Waals surface area contributed by atoms with Crippen molar-refractivity contribution in [1.29, 1.82) is 0 Å². The van der Waals surface area contributed by atoms with E-state index < -0.39 is 17.1 Å². The molecule has 30 heavy (non-hydrogen) atoms. The molecule has 3 rings (SSSR count). The van der Waals surface area contributed by atoms with Crippen LogP contribution in [-0.4, -0.2) is 27.7 Å². The maximum absolute atomic E-state index is 16.6. The molecule has 0 bridgehead atoms. The van der Waals surface area contributed by atoms with Crippen LogP contribution in [0.1, 0.15) is 46.1 Å². The molecular formula is C24H26FNO4. The van der Waals surface area contributed by atoms with Crippen LogP contribution in [0.3, 0.4) is 0 Å². The van der Waals surface area contributed by atoms with Crippen molar-refractivity contribution in [1.82, 2.24) is 0 Å². The van der Waals surface area contributed by atoms with Gasteiger partial charge in [-0.1, -0.05) is 51.1 Å². The molecule has 2 aromatic rings. The van der Waals surface area contributed by atoms with Crippen molar-refractivity contribution >= 4 is 28.2 Å². The predicted molar refractivity (Wildman–Crippen MR) is 115 cm³/mol. The van der Waals surface area contributed by atoms with E-state index in [2.05, 4.69) is 5.16 Å². The highest BCUT2D eigenvalue weighted by molar-refractivity contribution is 6.10. The first kappa shape index (κ1) is 21.6. The van der Waals surface area contributed by atoms with Gasteiger partial charge in [0.25, 0.3) is 0 Å². The molecule has 0 aliphatic heterocycles. The number of halogens is 1. The fourth-order valence-electron chi connectivity index (χ4n) is 3.94. The average Bonchev–Trinajstić information content (AvgIpc) is 3.14. The first-order valence-electron chi connectivity index (χ1n) is 9.85. The van der Waals surface area contributed by atoms with Crippen LogP contribution in [-0.2, 0) is 4.79 Å². The minimum absolute atomic E-state index is 0.0180. The quantitative estimate of drug-likeness (QED) is 0.351. The number of hydrogen-bond acceptors (Lipinski definition) is 4. The summed E-state index contributed by atoms with van der Waals surface area (Å²) in [6, 6.07) is 7.11. The minimum atomic E-state index is -2.08. The molecule has 6 heteroatoms. The van der Waals surface area contributed by atoms with Gasteiger partial charge in [0.2, 0.25) is 0 Å². The van der Waals surface area contributed by atoms with Crippen molar-refractivity contribution in [2.75, 3.05) is 0 Å². The normalized spacial score (nSPS) is 20.8. The van der Waals surface area contributed by atoms with Crippen molar-refractivity contribution < 1.29 is 23.9 Å². The lowest BCUT2D eigenvalue weighted by Gasteiger charge is -2.32. The second-order valence-corrected chi connectivity index (χ2v) is 8.47. The van der Waals surface area contributed by atoms with E-state index in [9.17, 15) is 15.1 Å². The molecule has 1 unspecified atom stereocenters. The van der Waals surface area contributed by atoms with E-state index in [1.54, 1.807) is 24.5 Å². The second-order valence-electron chi connectivity index (χ2n) is 8.47. The van der Waals surface area contributed by atoms with Crippen LogP contribution in [0, 0.1) is 5.41 Å². The monoisotopic (exact) mass is 411 g/mol. The number of carboxylic acid groups (broad SMARTS) is 1. The Labute approximate surface area is 174 Å². The maximum Gasteiger partial charge on any atom is 0.331 e. The summed E-state index contributed by atoms with van der Waals surface area (Å²) in [6.45, 7) is 7.53. The van der Waals surface area contributed by atoms with Crippen LogP contribution in [0.5, 0.6) is 0 Å². The van der Waals surface area contributed by atoms with Crippen LogP contribution in [0.25, 0.3) is 16.5 Å². The fraction of sp³-hybridized carbons (Fsp3) is 0.333. The second kappa shape index (κ2) is 7.94. The smallest absolute Gasteiger partial charge is 0.331 e. The lowest BCUT2D eigenvalue weighted by atomic mass is 9.74. The molecular weight excluding hydrogens is 385 g/mol. The largest absolute Gasteiger partial charge is 0.478 e. The summed E-state index contributed by atoms with van der Waals surface area (Å²) in [5.74, 6) is -1.16. The first-order valence-corrected chi connectivity index (χ1v) is 9.85. The molecule has 1 aliphatic rings. The number of carbonyl (C=O) groups is 1. The number of hydrogen-bond donors (Lipinski definition) is 2. The third-order valence-electron chi connectivity index (χ3n) is 5.29. The standard InChI is InChI=1S/C24H26FNO4/c1-5-18(21(26-29)23(2,3)4)20(16-8-9-19-15(13-16)10-12-30-19)24(25)11-6-7-17(14-24)22(27)28/h6-13,29H,5,14H2,1-4H3,(H,27,28)/b20-18+,26-21+. The topological polar surface area (TPSA) is 83.0 Å². The molecule has 0 spiro atoms. The molecule has 0 saturated carbocycles. The van der Waals surface area contributed by atoms with Gasteiger partial charge in [0.1, 0.15) is 5.58 Å². The molecule has 158 valence electrons. The Kier molecular flexibility index (Phi) is 5.70. The molecule has 1 aromatic heterocycles. The number of oxime groups is 1. The van der Waals surface area contributed by atoms with Gasteiger partial charge in [0.15, 0.2) is 5.67 Å². The summed E-state index contributed by atoms with van der Waals surface area (Å²) in [5.41, 5.74) is -0.172. The maximum atomic E-state index is 16.6. The van der Waals surface area contributed by atoms with E-state index in [4.69, 9.17) is 4.42 Å². The molecule has 0 radical (unpaired) electrons. The van der Waals surface area contributed by atoms with Gasteiger partial charge < -0.3 is 14.7 Å². The van der Waals surface area contributed by atoms with Crippen LogP contribution < -0.4 is 0 Å². The molecule has 0 amide bonds. The van der Waals surface area contributed by atoms with E-state index >= 15 is 4.39 Å². The molecule has 1 aromatic carbocycles. The van der Waals surface area contributed by atoms with Crippen molar-refractivity contribution in [2.45, 2.75) is 46.2 Å². The summed E-state index contributed by atoms with van der Waals surface area (Å²) < 4.78 is 22.0. The molecule has 1 heterocycles. The Bertz CT molecular complexity index is 1100. The average molecular weight is 411 g/mol. The molecule has 0 fully saturated rings. The summed E-state index contributed by atoms with van der Waals surface area (Å²) in [6.07, 6.45) is 5.87. The molecule has 2 N–H and O–H groups in total. The fourth-order valence-corrected chi connectivity index (χ4v) is 3.94. The molecule has 5 nitrogen and oxygen atoms in total. The third kappa shape index (κ3) is 3.95. The van der Waals surface area contributed by atoms with Gasteiger partial charge >= 0.3 is 5.97 Å². The van der Waals surface area contributed by atoms with Crippen molar-refractivity contribution in [3.8, 4) is 0 Å². The van der Waals surface area contributed by atoms with Gasteiger partial charge in [-0.3, -0.25) is 0 Å². The number of fused-ring (bicyclic) bond motifs is 1. The number of furan rings is 1. The summed E-state index contributed by atoms with van der Waals surface area (Å²) in [5, 5.41) is 23.6. The SMILES string of the molecule is CCC(/C(=N\O)C(C)(C)C)=C(/c1ccc2occc2c1)C1(F)C=CC=C(C(=O)O)C1. The number of alkyl halides is 1. The predicted octanol–water partition coefficient (Wildman–Crippen LogP) is 6.15. The van der Waals surface area contributed by atoms with E-state index in [1.807, 2.05) is 33.8 Å². The summed E-state index contributed by atoms with van der Waals surface area (Å²) >= 11 is 0. The van der Waals surface area contributed by atoms with Gasteiger partial charge in [-0.15, -0.1) is 0 Å². The van der Waals surface area contributed by atoms with Gasteiger partial charge in [-0.25, -0.2) is 9.18 Å². The summed E-state index contributed by atoms with van der Waals surface area (Å²) in [4.78, 5) is 11.6. The summed E-state index contributed by atoms with van der Waals surface area (Å²) in [7, 11) is 0. The van der Waals surface area contributed by atoms with Gasteiger partial charge in [-0.05, 0) is 41.8 Å². The van der Waals surface area contributed by atoms with Gasteiger partial charge in [-0.2, -0.15) is 0 Å².